The highest BCUT2D eigenvalue weighted by Crippen LogP contribution is 2.14. The third-order valence-corrected chi connectivity index (χ3v) is 2.28. The van der Waals surface area contributed by atoms with Gasteiger partial charge in [-0.25, -0.2) is 0 Å². The molecule has 1 rings (SSSR count). The molecule has 0 bridgehead atoms. The summed E-state index contributed by atoms with van der Waals surface area (Å²) in [5, 5.41) is 2.15. The maximum atomic E-state index is 5.45. The van der Waals surface area contributed by atoms with E-state index in [-0.39, 0.29) is 0 Å². The molecule has 0 N–H and O–H groups in total. The molecule has 0 aromatic carbocycles. The molecule has 1 heterocycles. The summed E-state index contributed by atoms with van der Waals surface area (Å²) in [5.74, 6) is 0. The van der Waals surface area contributed by atoms with Crippen LogP contribution in [0.4, 0.5) is 0 Å². The van der Waals surface area contributed by atoms with Crippen LogP contribution >= 0.6 is 11.3 Å². The maximum Gasteiger partial charge on any atom is 0.0728 e. The highest BCUT2D eigenvalue weighted by Gasteiger charge is 1.97. The van der Waals surface area contributed by atoms with Crippen molar-refractivity contribution in [3.05, 3.63) is 21.9 Å². The Balaban J connectivity index is 2.39. The van der Waals surface area contributed by atoms with E-state index in [1.54, 1.807) is 11.3 Å². The molecule has 1 nitrogen and oxygen atoms in total. The van der Waals surface area contributed by atoms with Gasteiger partial charge in [0.15, 0.2) is 0 Å². The van der Waals surface area contributed by atoms with Crippen molar-refractivity contribution in [3.63, 3.8) is 0 Å². The van der Waals surface area contributed by atoms with E-state index in [0.29, 0.717) is 6.10 Å². The van der Waals surface area contributed by atoms with E-state index in [2.05, 4.69) is 32.2 Å². The molecule has 11 heavy (non-hydrogen) atoms. The highest BCUT2D eigenvalue weighted by atomic mass is 32.1. The van der Waals surface area contributed by atoms with Gasteiger partial charge in [0.2, 0.25) is 0 Å². The van der Waals surface area contributed by atoms with E-state index in [1.165, 1.54) is 10.4 Å². The molecule has 0 atom stereocenters. The first-order valence-electron chi connectivity index (χ1n) is 3.84. The van der Waals surface area contributed by atoms with Crippen molar-refractivity contribution in [2.75, 3.05) is 0 Å². The molecule has 0 fully saturated rings. The number of aryl methyl sites for hydroxylation is 1. The highest BCUT2D eigenvalue weighted by molar-refractivity contribution is 7.10. The summed E-state index contributed by atoms with van der Waals surface area (Å²) in [6.07, 6.45) is 0.329. The second kappa shape index (κ2) is 3.88. The molecular formula is C9H14OS. The Hall–Kier alpha value is -0.340. The molecule has 0 aliphatic heterocycles. The molecule has 1 aromatic heterocycles. The van der Waals surface area contributed by atoms with Crippen molar-refractivity contribution in [3.8, 4) is 0 Å². The lowest BCUT2D eigenvalue weighted by molar-refractivity contribution is 0.0659. The zero-order valence-corrected chi connectivity index (χ0v) is 8.07. The second-order valence-electron chi connectivity index (χ2n) is 2.93. The minimum atomic E-state index is 0.329. The van der Waals surface area contributed by atoms with Gasteiger partial charge in [-0.3, -0.25) is 0 Å². The summed E-state index contributed by atoms with van der Waals surface area (Å²) in [4.78, 5) is 1.35. The standard InChI is InChI=1S/C9H14OS/c1-7(2)10-5-9-4-8(3)11-6-9/h4,6-7H,5H2,1-3H3. The van der Waals surface area contributed by atoms with Crippen LogP contribution in [0.3, 0.4) is 0 Å². The third kappa shape index (κ3) is 3.04. The maximum absolute atomic E-state index is 5.45. The van der Waals surface area contributed by atoms with Crippen molar-refractivity contribution < 1.29 is 4.74 Å². The number of hydrogen-bond donors (Lipinski definition) is 0. The van der Waals surface area contributed by atoms with Gasteiger partial charge >= 0.3 is 0 Å². The summed E-state index contributed by atoms with van der Waals surface area (Å²) in [5.41, 5.74) is 1.29. The summed E-state index contributed by atoms with van der Waals surface area (Å²) in [6.45, 7) is 6.98. The molecule has 62 valence electrons. The average molecular weight is 170 g/mol. The Morgan fingerprint density at radius 1 is 1.55 bits per heavy atom. The molecule has 0 saturated heterocycles. The molecule has 0 radical (unpaired) electrons. The van der Waals surface area contributed by atoms with E-state index in [4.69, 9.17) is 4.74 Å². The lowest BCUT2D eigenvalue weighted by Gasteiger charge is -2.04. The molecule has 0 saturated carbocycles. The zero-order chi connectivity index (χ0) is 8.27. The average Bonchev–Trinajstić information content (AvgIpc) is 2.31. The van der Waals surface area contributed by atoms with Gasteiger partial charge in [0.05, 0.1) is 12.7 Å². The van der Waals surface area contributed by atoms with E-state index < -0.39 is 0 Å². The van der Waals surface area contributed by atoms with Crippen LogP contribution in [0.25, 0.3) is 0 Å². The quantitative estimate of drug-likeness (QED) is 0.677. The molecular weight excluding hydrogens is 156 g/mol. The van der Waals surface area contributed by atoms with E-state index in [0.717, 1.165) is 6.61 Å². The number of ether oxygens (including phenoxy) is 1. The fourth-order valence-corrected chi connectivity index (χ4v) is 1.53. The van der Waals surface area contributed by atoms with Crippen molar-refractivity contribution >= 4 is 11.3 Å². The van der Waals surface area contributed by atoms with Crippen molar-refractivity contribution in [2.24, 2.45) is 0 Å². The lowest BCUT2D eigenvalue weighted by Crippen LogP contribution is -2.01. The monoisotopic (exact) mass is 170 g/mol. The van der Waals surface area contributed by atoms with Crippen molar-refractivity contribution in [2.45, 2.75) is 33.5 Å². The number of hydrogen-bond acceptors (Lipinski definition) is 2. The second-order valence-corrected chi connectivity index (χ2v) is 4.04. The van der Waals surface area contributed by atoms with Gasteiger partial charge in [0.1, 0.15) is 0 Å². The fourth-order valence-electron chi connectivity index (χ4n) is 0.836. The Morgan fingerprint density at radius 2 is 2.27 bits per heavy atom. The SMILES string of the molecule is Cc1cc(COC(C)C)cs1. The first-order chi connectivity index (χ1) is 5.18. The smallest absolute Gasteiger partial charge is 0.0728 e. The van der Waals surface area contributed by atoms with Crippen LogP contribution in [0.1, 0.15) is 24.3 Å². The largest absolute Gasteiger partial charge is 0.374 e. The molecule has 0 spiro atoms. The minimum absolute atomic E-state index is 0.329. The molecule has 0 aliphatic rings. The number of thiophene rings is 1. The Bertz CT molecular complexity index is 215. The van der Waals surface area contributed by atoms with Gasteiger partial charge < -0.3 is 4.74 Å². The van der Waals surface area contributed by atoms with Crippen LogP contribution in [-0.4, -0.2) is 6.10 Å². The van der Waals surface area contributed by atoms with Gasteiger partial charge in [-0.2, -0.15) is 0 Å². The van der Waals surface area contributed by atoms with Gasteiger partial charge in [-0.15, -0.1) is 11.3 Å². The van der Waals surface area contributed by atoms with Crippen LogP contribution in [0.15, 0.2) is 11.4 Å². The molecule has 0 aliphatic carbocycles. The predicted octanol–water partition coefficient (Wildman–Crippen LogP) is 2.98. The predicted molar refractivity (Wildman–Crippen MR) is 49.0 cm³/mol. The third-order valence-electron chi connectivity index (χ3n) is 1.37. The first kappa shape index (κ1) is 8.75. The fraction of sp³-hybridized carbons (Fsp3) is 0.556. The molecule has 2 heteroatoms. The van der Waals surface area contributed by atoms with E-state index in [9.17, 15) is 0 Å². The van der Waals surface area contributed by atoms with Gasteiger partial charge in [0.25, 0.3) is 0 Å². The van der Waals surface area contributed by atoms with Crippen molar-refractivity contribution in [1.29, 1.82) is 0 Å². The topological polar surface area (TPSA) is 9.23 Å². The normalized spacial score (nSPS) is 10.9. The van der Waals surface area contributed by atoms with Crippen molar-refractivity contribution in [1.82, 2.24) is 0 Å². The van der Waals surface area contributed by atoms with Crippen LogP contribution in [-0.2, 0) is 11.3 Å². The van der Waals surface area contributed by atoms with Gasteiger partial charge in [-0.1, -0.05) is 0 Å². The Kier molecular flexibility index (Phi) is 3.09. The summed E-state index contributed by atoms with van der Waals surface area (Å²) in [6, 6.07) is 2.17. The van der Waals surface area contributed by atoms with Gasteiger partial charge in [0, 0.05) is 4.88 Å². The Morgan fingerprint density at radius 3 is 2.73 bits per heavy atom. The zero-order valence-electron chi connectivity index (χ0n) is 7.26. The van der Waals surface area contributed by atoms with Gasteiger partial charge in [-0.05, 0) is 37.8 Å². The summed E-state index contributed by atoms with van der Waals surface area (Å²) in [7, 11) is 0. The van der Waals surface area contributed by atoms with Crippen LogP contribution in [0, 0.1) is 6.92 Å². The summed E-state index contributed by atoms with van der Waals surface area (Å²) < 4.78 is 5.45. The minimum Gasteiger partial charge on any atom is -0.374 e. The lowest BCUT2D eigenvalue weighted by atomic mass is 10.3. The molecule has 1 aromatic rings. The summed E-state index contributed by atoms with van der Waals surface area (Å²) >= 11 is 1.78. The van der Waals surface area contributed by atoms with Crippen LogP contribution < -0.4 is 0 Å². The first-order valence-corrected chi connectivity index (χ1v) is 4.72. The van der Waals surface area contributed by atoms with Crippen LogP contribution in [0.2, 0.25) is 0 Å². The van der Waals surface area contributed by atoms with E-state index >= 15 is 0 Å². The van der Waals surface area contributed by atoms with Crippen LogP contribution in [0.5, 0.6) is 0 Å². The van der Waals surface area contributed by atoms with E-state index in [1.807, 2.05) is 0 Å². The molecule has 0 unspecified atom stereocenters. The Labute approximate surface area is 72.0 Å². The number of rotatable bonds is 3. The molecule has 0 amide bonds.